The Morgan fingerprint density at radius 3 is 2.46 bits per heavy atom. The first-order valence-corrected chi connectivity index (χ1v) is 9.61. The maximum absolute atomic E-state index is 10.5. The second kappa shape index (κ2) is 11.2. The second-order valence-corrected chi connectivity index (χ2v) is 6.68. The number of rotatable bonds is 9. The lowest BCUT2D eigenvalue weighted by atomic mass is 10.1. The summed E-state index contributed by atoms with van der Waals surface area (Å²) in [5.74, 6) is 2.27. The first kappa shape index (κ1) is 21.6. The van der Waals surface area contributed by atoms with Crippen LogP contribution in [0.1, 0.15) is 38.0 Å². The van der Waals surface area contributed by atoms with E-state index in [-0.39, 0.29) is 6.10 Å². The maximum Gasteiger partial charge on any atom is 0.191 e. The van der Waals surface area contributed by atoms with Crippen molar-refractivity contribution in [3.8, 4) is 11.5 Å². The van der Waals surface area contributed by atoms with Gasteiger partial charge in [0.15, 0.2) is 5.96 Å². The molecule has 2 aromatic carbocycles. The molecule has 3 N–H and O–H groups in total. The van der Waals surface area contributed by atoms with E-state index >= 15 is 0 Å². The molecule has 152 valence electrons. The van der Waals surface area contributed by atoms with Crippen LogP contribution in [0.15, 0.2) is 53.5 Å². The van der Waals surface area contributed by atoms with Gasteiger partial charge in [-0.25, -0.2) is 4.99 Å². The zero-order chi connectivity index (χ0) is 20.4. The number of nitrogens with zero attached hydrogens (tertiary/aromatic N) is 1. The Morgan fingerprint density at radius 2 is 1.82 bits per heavy atom. The van der Waals surface area contributed by atoms with Crippen molar-refractivity contribution < 1.29 is 14.6 Å². The van der Waals surface area contributed by atoms with Crippen LogP contribution in [0.2, 0.25) is 0 Å². The third kappa shape index (κ3) is 7.12. The first-order valence-electron chi connectivity index (χ1n) is 9.61. The fraction of sp³-hybridized carbons (Fsp3) is 0.409. The van der Waals surface area contributed by atoms with Crippen molar-refractivity contribution >= 4 is 5.96 Å². The maximum atomic E-state index is 10.5. The number of aliphatic hydroxyl groups excluding tert-OH is 1. The van der Waals surface area contributed by atoms with Gasteiger partial charge in [-0.1, -0.05) is 24.3 Å². The molecule has 0 fully saturated rings. The fourth-order valence-electron chi connectivity index (χ4n) is 2.63. The summed E-state index contributed by atoms with van der Waals surface area (Å²) in [6.07, 6.45) is -0.519. The molecular weight excluding hydrogens is 354 g/mol. The zero-order valence-electron chi connectivity index (χ0n) is 17.1. The molecule has 0 saturated carbocycles. The van der Waals surface area contributed by atoms with Gasteiger partial charge in [-0.3, -0.25) is 0 Å². The van der Waals surface area contributed by atoms with Crippen molar-refractivity contribution in [2.24, 2.45) is 4.99 Å². The lowest BCUT2D eigenvalue weighted by molar-refractivity contribution is 0.180. The molecule has 0 aliphatic heterocycles. The summed E-state index contributed by atoms with van der Waals surface area (Å²) in [5, 5.41) is 16.8. The van der Waals surface area contributed by atoms with Gasteiger partial charge in [-0.05, 0) is 56.2 Å². The molecule has 0 aliphatic rings. The van der Waals surface area contributed by atoms with E-state index in [0.29, 0.717) is 19.0 Å². The summed E-state index contributed by atoms with van der Waals surface area (Å²) in [4.78, 5) is 4.58. The standard InChI is InChI=1S/C22H31N3O3/c1-5-23-22(24-14-17-7-6-8-20(13-17)27-4)25-15-21(26)18-9-11-19(12-10-18)28-16(2)3/h6-13,16,21,26H,5,14-15H2,1-4H3,(H2,23,24,25). The third-order valence-corrected chi connectivity index (χ3v) is 4.00. The molecule has 6 heteroatoms. The highest BCUT2D eigenvalue weighted by Crippen LogP contribution is 2.18. The van der Waals surface area contributed by atoms with Gasteiger partial charge in [0.25, 0.3) is 0 Å². The quantitative estimate of drug-likeness (QED) is 0.456. The number of ether oxygens (including phenoxy) is 2. The molecule has 0 spiro atoms. The topological polar surface area (TPSA) is 75.1 Å². The molecule has 0 aromatic heterocycles. The minimum Gasteiger partial charge on any atom is -0.497 e. The third-order valence-electron chi connectivity index (χ3n) is 4.00. The molecule has 0 heterocycles. The number of hydrogen-bond acceptors (Lipinski definition) is 4. The average Bonchev–Trinajstić information content (AvgIpc) is 2.70. The number of nitrogens with one attached hydrogen (secondary N) is 2. The van der Waals surface area contributed by atoms with Crippen molar-refractivity contribution in [3.05, 3.63) is 59.7 Å². The Morgan fingerprint density at radius 1 is 1.07 bits per heavy atom. The second-order valence-electron chi connectivity index (χ2n) is 6.68. The lowest BCUT2D eigenvalue weighted by Gasteiger charge is -2.16. The predicted octanol–water partition coefficient (Wildman–Crippen LogP) is 3.27. The van der Waals surface area contributed by atoms with E-state index in [0.717, 1.165) is 29.2 Å². The van der Waals surface area contributed by atoms with Crippen LogP contribution in [0.4, 0.5) is 0 Å². The molecule has 1 unspecified atom stereocenters. The molecule has 2 aromatic rings. The first-order chi connectivity index (χ1) is 13.5. The molecule has 0 saturated heterocycles. The number of hydrogen-bond donors (Lipinski definition) is 3. The van der Waals surface area contributed by atoms with Crippen LogP contribution >= 0.6 is 0 Å². The Labute approximate surface area is 167 Å². The van der Waals surface area contributed by atoms with Gasteiger partial charge in [-0.15, -0.1) is 0 Å². The molecular formula is C22H31N3O3. The van der Waals surface area contributed by atoms with Gasteiger partial charge in [0.2, 0.25) is 0 Å². The molecule has 0 radical (unpaired) electrons. The summed E-state index contributed by atoms with van der Waals surface area (Å²) >= 11 is 0. The monoisotopic (exact) mass is 385 g/mol. The van der Waals surface area contributed by atoms with Crippen LogP contribution in [0.3, 0.4) is 0 Å². The zero-order valence-corrected chi connectivity index (χ0v) is 17.1. The number of benzene rings is 2. The summed E-state index contributed by atoms with van der Waals surface area (Å²) < 4.78 is 10.9. The van der Waals surface area contributed by atoms with Crippen molar-refractivity contribution in [3.63, 3.8) is 0 Å². The highest BCUT2D eigenvalue weighted by molar-refractivity contribution is 5.79. The minimum absolute atomic E-state index is 0.126. The van der Waals surface area contributed by atoms with E-state index in [1.807, 2.05) is 69.3 Å². The Bertz CT molecular complexity index is 745. The molecule has 0 amide bonds. The highest BCUT2D eigenvalue weighted by Gasteiger charge is 2.09. The molecule has 6 nitrogen and oxygen atoms in total. The van der Waals surface area contributed by atoms with Crippen molar-refractivity contribution in [2.45, 2.75) is 39.5 Å². The van der Waals surface area contributed by atoms with E-state index in [9.17, 15) is 5.11 Å². The van der Waals surface area contributed by atoms with Gasteiger partial charge in [-0.2, -0.15) is 0 Å². The number of guanidine groups is 1. The largest absolute Gasteiger partial charge is 0.497 e. The Kier molecular flexibility index (Phi) is 8.62. The molecule has 1 atom stereocenters. The van der Waals surface area contributed by atoms with Gasteiger partial charge in [0, 0.05) is 13.1 Å². The van der Waals surface area contributed by atoms with Gasteiger partial charge >= 0.3 is 0 Å². The van der Waals surface area contributed by atoms with Gasteiger partial charge in [0.05, 0.1) is 25.9 Å². The van der Waals surface area contributed by atoms with E-state index in [4.69, 9.17) is 9.47 Å². The van der Waals surface area contributed by atoms with Crippen LogP contribution in [-0.2, 0) is 6.54 Å². The van der Waals surface area contributed by atoms with Crippen LogP contribution in [-0.4, -0.2) is 37.4 Å². The van der Waals surface area contributed by atoms with Crippen LogP contribution in [0.5, 0.6) is 11.5 Å². The molecule has 28 heavy (non-hydrogen) atoms. The predicted molar refractivity (Wildman–Crippen MR) is 113 cm³/mol. The number of methoxy groups -OCH3 is 1. The normalized spacial score (nSPS) is 12.6. The summed E-state index contributed by atoms with van der Waals surface area (Å²) in [7, 11) is 1.65. The smallest absolute Gasteiger partial charge is 0.191 e. The fourth-order valence-corrected chi connectivity index (χ4v) is 2.63. The minimum atomic E-state index is -0.645. The molecule has 2 rings (SSSR count). The number of aliphatic hydroxyl groups is 1. The van der Waals surface area contributed by atoms with Crippen LogP contribution in [0, 0.1) is 0 Å². The van der Waals surface area contributed by atoms with Gasteiger partial charge < -0.3 is 25.2 Å². The van der Waals surface area contributed by atoms with E-state index in [1.54, 1.807) is 7.11 Å². The van der Waals surface area contributed by atoms with E-state index in [1.165, 1.54) is 0 Å². The summed E-state index contributed by atoms with van der Waals surface area (Å²) in [5.41, 5.74) is 1.88. The Balaban J connectivity index is 1.93. The lowest BCUT2D eigenvalue weighted by Crippen LogP contribution is -2.39. The van der Waals surface area contributed by atoms with Gasteiger partial charge in [0.1, 0.15) is 11.5 Å². The van der Waals surface area contributed by atoms with Crippen molar-refractivity contribution in [2.75, 3.05) is 20.2 Å². The summed E-state index contributed by atoms with van der Waals surface area (Å²) in [6, 6.07) is 15.3. The highest BCUT2D eigenvalue weighted by atomic mass is 16.5. The molecule has 0 aliphatic carbocycles. The molecule has 0 bridgehead atoms. The SMILES string of the molecule is CCNC(=NCc1cccc(OC)c1)NCC(O)c1ccc(OC(C)C)cc1. The van der Waals surface area contributed by atoms with Crippen LogP contribution < -0.4 is 20.1 Å². The number of aliphatic imine (C=N–C) groups is 1. The van der Waals surface area contributed by atoms with Crippen LogP contribution in [0.25, 0.3) is 0 Å². The van der Waals surface area contributed by atoms with E-state index in [2.05, 4.69) is 15.6 Å². The average molecular weight is 386 g/mol. The van der Waals surface area contributed by atoms with Crippen molar-refractivity contribution in [1.82, 2.24) is 10.6 Å². The van der Waals surface area contributed by atoms with E-state index < -0.39 is 6.10 Å². The van der Waals surface area contributed by atoms with Crippen molar-refractivity contribution in [1.29, 1.82) is 0 Å². The Hall–Kier alpha value is -2.73. The summed E-state index contributed by atoms with van der Waals surface area (Å²) in [6.45, 7) is 7.59.